The SMILES string of the molecule is CC(=O)c1csc(NS(=O)(=O)c2cc(Cl)c(Br)s2)n1. The molecule has 10 heteroatoms. The van der Waals surface area contributed by atoms with Crippen molar-refractivity contribution in [3.63, 3.8) is 0 Å². The smallest absolute Gasteiger partial charge is 0.273 e. The van der Waals surface area contributed by atoms with Crippen molar-refractivity contribution in [3.05, 3.63) is 25.9 Å². The van der Waals surface area contributed by atoms with E-state index in [1.165, 1.54) is 18.4 Å². The Morgan fingerprint density at radius 1 is 1.53 bits per heavy atom. The average molecular weight is 402 g/mol. The van der Waals surface area contributed by atoms with Crippen LogP contribution in [0.15, 0.2) is 19.4 Å². The third-order valence-corrected chi connectivity index (χ3v) is 7.15. The van der Waals surface area contributed by atoms with E-state index < -0.39 is 10.0 Å². The summed E-state index contributed by atoms with van der Waals surface area (Å²) in [5, 5.41) is 1.97. The van der Waals surface area contributed by atoms with Crippen molar-refractivity contribution in [2.24, 2.45) is 0 Å². The highest BCUT2D eigenvalue weighted by Crippen LogP contribution is 2.35. The Kier molecular flexibility index (Phi) is 4.31. The molecule has 0 aliphatic heterocycles. The van der Waals surface area contributed by atoms with E-state index in [4.69, 9.17) is 11.6 Å². The van der Waals surface area contributed by atoms with Gasteiger partial charge in [-0.15, -0.1) is 22.7 Å². The van der Waals surface area contributed by atoms with E-state index in [0.29, 0.717) is 8.81 Å². The highest BCUT2D eigenvalue weighted by atomic mass is 79.9. The molecule has 5 nitrogen and oxygen atoms in total. The summed E-state index contributed by atoms with van der Waals surface area (Å²) in [6.07, 6.45) is 0. The number of nitrogens with zero attached hydrogens (tertiary/aromatic N) is 1. The first-order valence-corrected chi connectivity index (χ1v) is 9.09. The molecule has 0 atom stereocenters. The molecule has 0 saturated carbocycles. The zero-order valence-electron chi connectivity index (χ0n) is 9.31. The summed E-state index contributed by atoms with van der Waals surface area (Å²) in [5.74, 6) is -0.219. The van der Waals surface area contributed by atoms with Gasteiger partial charge in [-0.2, -0.15) is 0 Å². The number of ketones is 1. The summed E-state index contributed by atoms with van der Waals surface area (Å²) in [6, 6.07) is 1.35. The molecule has 2 rings (SSSR count). The lowest BCUT2D eigenvalue weighted by Crippen LogP contribution is -2.11. The molecule has 0 unspecified atom stereocenters. The topological polar surface area (TPSA) is 76.1 Å². The Morgan fingerprint density at radius 3 is 2.68 bits per heavy atom. The van der Waals surface area contributed by atoms with Gasteiger partial charge in [0, 0.05) is 12.3 Å². The predicted molar refractivity (Wildman–Crippen MR) is 80.0 cm³/mol. The van der Waals surface area contributed by atoms with E-state index in [1.54, 1.807) is 0 Å². The fourth-order valence-corrected chi connectivity index (χ4v) is 5.51. The molecule has 0 spiro atoms. The van der Waals surface area contributed by atoms with Crippen LogP contribution in [0.1, 0.15) is 17.4 Å². The van der Waals surface area contributed by atoms with Crippen molar-refractivity contribution < 1.29 is 13.2 Å². The molecule has 19 heavy (non-hydrogen) atoms. The number of rotatable bonds is 4. The van der Waals surface area contributed by atoms with E-state index in [-0.39, 0.29) is 20.8 Å². The highest BCUT2D eigenvalue weighted by molar-refractivity contribution is 9.11. The van der Waals surface area contributed by atoms with Gasteiger partial charge in [0.15, 0.2) is 10.9 Å². The first kappa shape index (κ1) is 14.9. The number of thiazole rings is 1. The largest absolute Gasteiger partial charge is 0.293 e. The number of aromatic nitrogens is 1. The Morgan fingerprint density at radius 2 is 2.21 bits per heavy atom. The predicted octanol–water partition coefficient (Wildman–Crippen LogP) is 3.62. The van der Waals surface area contributed by atoms with Crippen LogP contribution in [0.3, 0.4) is 0 Å². The van der Waals surface area contributed by atoms with Gasteiger partial charge in [0.1, 0.15) is 9.90 Å². The maximum Gasteiger partial charge on any atom is 0.273 e. The van der Waals surface area contributed by atoms with Crippen LogP contribution in [0.4, 0.5) is 5.13 Å². The second kappa shape index (κ2) is 5.49. The van der Waals surface area contributed by atoms with E-state index in [0.717, 1.165) is 22.7 Å². The van der Waals surface area contributed by atoms with Crippen molar-refractivity contribution in [1.29, 1.82) is 0 Å². The fourth-order valence-electron chi connectivity index (χ4n) is 1.11. The Labute approximate surface area is 130 Å². The standard InChI is InChI=1S/C9H6BrClN2O3S3/c1-4(14)6-3-17-9(12-6)13-19(15,16)7-2-5(11)8(10)18-7/h2-3H,1H3,(H,12,13). The lowest BCUT2D eigenvalue weighted by atomic mass is 10.4. The van der Waals surface area contributed by atoms with Crippen LogP contribution in [0, 0.1) is 0 Å². The third-order valence-electron chi connectivity index (χ3n) is 1.97. The number of anilines is 1. The number of halogens is 2. The Balaban J connectivity index is 2.28. The lowest BCUT2D eigenvalue weighted by molar-refractivity contribution is 0.101. The molecule has 2 aromatic heterocycles. The number of thiophene rings is 1. The summed E-state index contributed by atoms with van der Waals surface area (Å²) in [6.45, 7) is 1.36. The zero-order valence-corrected chi connectivity index (χ0v) is 14.1. The normalized spacial score (nSPS) is 11.5. The molecule has 0 saturated heterocycles. The van der Waals surface area contributed by atoms with Gasteiger partial charge in [0.25, 0.3) is 10.0 Å². The first-order valence-electron chi connectivity index (χ1n) is 4.73. The lowest BCUT2D eigenvalue weighted by Gasteiger charge is -2.01. The minimum atomic E-state index is -3.74. The molecule has 0 amide bonds. The van der Waals surface area contributed by atoms with Crippen molar-refractivity contribution >= 4 is 71.1 Å². The number of Topliss-reactive ketones (excluding diaryl/α,β-unsaturated/α-hetero) is 1. The molecule has 0 aliphatic rings. The number of carbonyl (C=O) groups is 1. The minimum absolute atomic E-state index is 0.0731. The fraction of sp³-hybridized carbons (Fsp3) is 0.111. The van der Waals surface area contributed by atoms with Gasteiger partial charge in [0.2, 0.25) is 0 Å². The summed E-state index contributed by atoms with van der Waals surface area (Å²) >= 11 is 11.0. The Hall–Kier alpha value is -0.480. The van der Waals surface area contributed by atoms with Gasteiger partial charge in [-0.3, -0.25) is 9.52 Å². The van der Waals surface area contributed by atoms with Gasteiger partial charge in [-0.1, -0.05) is 11.6 Å². The van der Waals surface area contributed by atoms with E-state index in [9.17, 15) is 13.2 Å². The van der Waals surface area contributed by atoms with Gasteiger partial charge in [-0.25, -0.2) is 13.4 Å². The number of hydrogen-bond acceptors (Lipinski definition) is 6. The number of hydrogen-bond donors (Lipinski definition) is 1. The van der Waals surface area contributed by atoms with Gasteiger partial charge < -0.3 is 0 Å². The minimum Gasteiger partial charge on any atom is -0.293 e. The molecule has 0 radical (unpaired) electrons. The van der Waals surface area contributed by atoms with Crippen LogP contribution in [0.2, 0.25) is 5.02 Å². The monoisotopic (exact) mass is 400 g/mol. The van der Waals surface area contributed by atoms with Crippen LogP contribution in [0.5, 0.6) is 0 Å². The molecule has 2 heterocycles. The first-order chi connectivity index (χ1) is 8.79. The molecular weight excluding hydrogens is 396 g/mol. The van der Waals surface area contributed by atoms with Gasteiger partial charge in [0.05, 0.1) is 8.81 Å². The Bertz CT molecular complexity index is 718. The van der Waals surface area contributed by atoms with Crippen LogP contribution >= 0.6 is 50.2 Å². The summed E-state index contributed by atoms with van der Waals surface area (Å²) in [5.41, 5.74) is 0.230. The summed E-state index contributed by atoms with van der Waals surface area (Å²) in [7, 11) is -3.74. The van der Waals surface area contributed by atoms with E-state index >= 15 is 0 Å². The number of nitrogens with one attached hydrogen (secondary N) is 1. The molecule has 2 aromatic rings. The molecule has 102 valence electrons. The van der Waals surface area contributed by atoms with E-state index in [2.05, 4.69) is 25.6 Å². The van der Waals surface area contributed by atoms with Crippen molar-refractivity contribution in [1.82, 2.24) is 4.98 Å². The van der Waals surface area contributed by atoms with Crippen molar-refractivity contribution in [3.8, 4) is 0 Å². The van der Waals surface area contributed by atoms with Crippen molar-refractivity contribution in [2.75, 3.05) is 4.72 Å². The number of carbonyl (C=O) groups excluding carboxylic acids is 1. The van der Waals surface area contributed by atoms with Crippen molar-refractivity contribution in [2.45, 2.75) is 11.1 Å². The molecule has 0 aliphatic carbocycles. The quantitative estimate of drug-likeness (QED) is 0.794. The number of sulfonamides is 1. The molecular formula is C9H6BrClN2O3S3. The van der Waals surface area contributed by atoms with Crippen LogP contribution in [-0.4, -0.2) is 19.2 Å². The average Bonchev–Trinajstić information content (AvgIpc) is 2.87. The second-order valence-corrected chi connectivity index (χ2v) is 8.93. The van der Waals surface area contributed by atoms with E-state index in [1.807, 2.05) is 0 Å². The molecule has 0 aromatic carbocycles. The maximum atomic E-state index is 12.0. The van der Waals surface area contributed by atoms with Crippen LogP contribution < -0.4 is 4.72 Å². The van der Waals surface area contributed by atoms with Gasteiger partial charge >= 0.3 is 0 Å². The zero-order chi connectivity index (χ0) is 14.2. The van der Waals surface area contributed by atoms with Crippen LogP contribution in [0.25, 0.3) is 0 Å². The van der Waals surface area contributed by atoms with Crippen LogP contribution in [-0.2, 0) is 10.0 Å². The third kappa shape index (κ3) is 3.34. The molecule has 1 N–H and O–H groups in total. The summed E-state index contributed by atoms with van der Waals surface area (Å²) < 4.78 is 27.0. The molecule has 0 bridgehead atoms. The second-order valence-electron chi connectivity index (χ2n) is 3.39. The highest BCUT2D eigenvalue weighted by Gasteiger charge is 2.20. The van der Waals surface area contributed by atoms with Gasteiger partial charge in [-0.05, 0) is 22.0 Å². The molecule has 0 fully saturated rings. The maximum absolute atomic E-state index is 12.0. The summed E-state index contributed by atoms with van der Waals surface area (Å²) in [4.78, 5) is 15.0.